The zero-order chi connectivity index (χ0) is 14.0. The number of sulfonamides is 1. The van der Waals surface area contributed by atoms with E-state index in [9.17, 15) is 8.42 Å². The van der Waals surface area contributed by atoms with Gasteiger partial charge in [-0.3, -0.25) is 0 Å². The smallest absolute Gasteiger partial charge is 0.336 e. The van der Waals surface area contributed by atoms with Crippen molar-refractivity contribution in [2.45, 2.75) is 4.90 Å². The molecule has 2 N–H and O–H groups in total. The van der Waals surface area contributed by atoms with Gasteiger partial charge in [-0.05, 0) is 34.1 Å². The number of nitrogens with one attached hydrogen (secondary N) is 2. The van der Waals surface area contributed by atoms with Crippen LogP contribution in [0.15, 0.2) is 27.6 Å². The Morgan fingerprint density at radius 3 is 2.79 bits per heavy atom. The van der Waals surface area contributed by atoms with Crippen LogP contribution < -0.4 is 9.46 Å². The van der Waals surface area contributed by atoms with E-state index in [1.165, 1.54) is 25.3 Å². The van der Waals surface area contributed by atoms with Gasteiger partial charge in [0.25, 0.3) is 10.0 Å². The van der Waals surface area contributed by atoms with Crippen LogP contribution in [0.25, 0.3) is 0 Å². The lowest BCUT2D eigenvalue weighted by Crippen LogP contribution is -2.14. The first-order valence-corrected chi connectivity index (χ1v) is 7.52. The number of ether oxygens (including phenoxy) is 1. The predicted octanol–water partition coefficient (Wildman–Crippen LogP) is 2.03. The highest BCUT2D eigenvalue weighted by molar-refractivity contribution is 9.10. The molecule has 1 heterocycles. The highest BCUT2D eigenvalue weighted by Crippen LogP contribution is 2.26. The summed E-state index contributed by atoms with van der Waals surface area (Å²) in [5, 5.41) is 6.44. The predicted molar refractivity (Wildman–Crippen MR) is 72.9 cm³/mol. The molecular formula is C9H8BrClN4O3S. The quantitative estimate of drug-likeness (QED) is 0.862. The van der Waals surface area contributed by atoms with Gasteiger partial charge in [-0.1, -0.05) is 11.6 Å². The minimum absolute atomic E-state index is 0.0370. The van der Waals surface area contributed by atoms with Crippen LogP contribution in [-0.4, -0.2) is 30.7 Å². The number of methoxy groups -OCH3 is 1. The number of anilines is 1. The zero-order valence-corrected chi connectivity index (χ0v) is 12.7. The lowest BCUT2D eigenvalue weighted by molar-refractivity contribution is 0.382. The molecule has 0 aliphatic heterocycles. The lowest BCUT2D eigenvalue weighted by atomic mass is 10.4. The van der Waals surface area contributed by atoms with Crippen LogP contribution in [0.3, 0.4) is 0 Å². The van der Waals surface area contributed by atoms with Crippen molar-refractivity contribution in [3.05, 3.63) is 27.7 Å². The molecule has 0 saturated carbocycles. The number of aromatic amines is 1. The van der Waals surface area contributed by atoms with Crippen molar-refractivity contribution in [2.75, 3.05) is 11.8 Å². The van der Waals surface area contributed by atoms with Gasteiger partial charge in [0, 0.05) is 4.47 Å². The van der Waals surface area contributed by atoms with Gasteiger partial charge in [0.05, 0.1) is 17.0 Å². The Morgan fingerprint density at radius 1 is 1.47 bits per heavy atom. The van der Waals surface area contributed by atoms with Gasteiger partial charge in [-0.15, -0.1) is 5.10 Å². The van der Waals surface area contributed by atoms with E-state index < -0.39 is 10.0 Å². The van der Waals surface area contributed by atoms with Crippen LogP contribution in [-0.2, 0) is 10.0 Å². The maximum Gasteiger partial charge on any atom is 0.336 e. The second kappa shape index (κ2) is 5.35. The van der Waals surface area contributed by atoms with Crippen LogP contribution in [0.2, 0.25) is 5.02 Å². The number of rotatable bonds is 4. The van der Waals surface area contributed by atoms with E-state index in [2.05, 4.69) is 35.8 Å². The second-order valence-electron chi connectivity index (χ2n) is 3.35. The topological polar surface area (TPSA) is 97.0 Å². The summed E-state index contributed by atoms with van der Waals surface area (Å²) in [6.45, 7) is 0. The molecule has 102 valence electrons. The van der Waals surface area contributed by atoms with Crippen molar-refractivity contribution >= 4 is 43.5 Å². The molecular weight excluding hydrogens is 360 g/mol. The molecule has 1 aromatic heterocycles. The van der Waals surface area contributed by atoms with Gasteiger partial charge in [-0.25, -0.2) is 18.2 Å². The van der Waals surface area contributed by atoms with E-state index in [1.807, 2.05) is 0 Å². The number of hydrogen-bond acceptors (Lipinski definition) is 5. The summed E-state index contributed by atoms with van der Waals surface area (Å²) >= 11 is 8.97. The highest BCUT2D eigenvalue weighted by Gasteiger charge is 2.17. The molecule has 0 saturated heterocycles. The first-order chi connectivity index (χ1) is 8.92. The molecule has 10 heteroatoms. The van der Waals surface area contributed by atoms with Gasteiger partial charge in [0.1, 0.15) is 0 Å². The Bertz CT molecular complexity index is 703. The van der Waals surface area contributed by atoms with Crippen LogP contribution in [0, 0.1) is 0 Å². The van der Waals surface area contributed by atoms with E-state index in [0.717, 1.165) is 0 Å². The van der Waals surface area contributed by atoms with Gasteiger partial charge < -0.3 is 4.74 Å². The average molecular weight is 368 g/mol. The Kier molecular flexibility index (Phi) is 3.97. The molecule has 0 bridgehead atoms. The normalized spacial score (nSPS) is 11.3. The Balaban J connectivity index is 2.29. The summed E-state index contributed by atoms with van der Waals surface area (Å²) in [7, 11) is -2.40. The Hall–Kier alpha value is -1.32. The second-order valence-corrected chi connectivity index (χ2v) is 6.30. The molecule has 0 atom stereocenters. The third-order valence-electron chi connectivity index (χ3n) is 2.08. The van der Waals surface area contributed by atoms with Crippen molar-refractivity contribution in [2.24, 2.45) is 0 Å². The molecule has 1 aromatic carbocycles. The average Bonchev–Trinajstić information content (AvgIpc) is 2.79. The van der Waals surface area contributed by atoms with Crippen molar-refractivity contribution < 1.29 is 13.2 Å². The maximum absolute atomic E-state index is 12.1. The molecule has 2 aromatic rings. The number of nitrogens with zero attached hydrogens (tertiary/aromatic N) is 2. The van der Waals surface area contributed by atoms with Gasteiger partial charge >= 0.3 is 6.01 Å². The number of halogens is 2. The Labute approximate surface area is 122 Å². The van der Waals surface area contributed by atoms with Crippen molar-refractivity contribution in [1.82, 2.24) is 15.2 Å². The van der Waals surface area contributed by atoms with Gasteiger partial charge in [0.2, 0.25) is 5.95 Å². The Morgan fingerprint density at radius 2 is 2.21 bits per heavy atom. The number of hydrogen-bond donors (Lipinski definition) is 2. The van der Waals surface area contributed by atoms with Crippen molar-refractivity contribution in [3.8, 4) is 6.01 Å². The van der Waals surface area contributed by atoms with Gasteiger partial charge in [-0.2, -0.15) is 4.98 Å². The molecule has 2 rings (SSSR count). The van der Waals surface area contributed by atoms with E-state index in [4.69, 9.17) is 16.3 Å². The van der Waals surface area contributed by atoms with E-state index >= 15 is 0 Å². The number of H-pyrrole nitrogens is 1. The molecule has 19 heavy (non-hydrogen) atoms. The van der Waals surface area contributed by atoms with Crippen LogP contribution in [0.4, 0.5) is 5.95 Å². The molecule has 0 spiro atoms. The highest BCUT2D eigenvalue weighted by atomic mass is 79.9. The lowest BCUT2D eigenvalue weighted by Gasteiger charge is -2.05. The number of aromatic nitrogens is 3. The molecule has 7 nitrogen and oxygen atoms in total. The monoisotopic (exact) mass is 366 g/mol. The van der Waals surface area contributed by atoms with Crippen LogP contribution >= 0.6 is 27.5 Å². The third kappa shape index (κ3) is 3.17. The fraction of sp³-hybridized carbons (Fsp3) is 0.111. The summed E-state index contributed by atoms with van der Waals surface area (Å²) in [6.07, 6.45) is 0. The number of benzene rings is 1. The van der Waals surface area contributed by atoms with Crippen molar-refractivity contribution in [3.63, 3.8) is 0 Å². The maximum atomic E-state index is 12.1. The first-order valence-electron chi connectivity index (χ1n) is 4.86. The summed E-state index contributed by atoms with van der Waals surface area (Å²) in [4.78, 5) is 3.80. The third-order valence-corrected chi connectivity index (χ3v) is 4.63. The molecule has 0 unspecified atom stereocenters. The van der Waals surface area contributed by atoms with Crippen LogP contribution in [0.5, 0.6) is 6.01 Å². The first kappa shape index (κ1) is 14.1. The van der Waals surface area contributed by atoms with E-state index in [-0.39, 0.29) is 16.9 Å². The summed E-state index contributed by atoms with van der Waals surface area (Å²) in [6, 6.07) is 4.28. The fourth-order valence-electron chi connectivity index (χ4n) is 1.21. The van der Waals surface area contributed by atoms with Gasteiger partial charge in [0.15, 0.2) is 0 Å². The van der Waals surface area contributed by atoms with Crippen LogP contribution in [0.1, 0.15) is 0 Å². The summed E-state index contributed by atoms with van der Waals surface area (Å²) in [5.41, 5.74) is 0. The van der Waals surface area contributed by atoms with E-state index in [0.29, 0.717) is 9.50 Å². The molecule has 0 aliphatic rings. The summed E-state index contributed by atoms with van der Waals surface area (Å²) < 4.78 is 31.6. The zero-order valence-electron chi connectivity index (χ0n) is 9.52. The molecule has 0 radical (unpaired) electrons. The SMILES string of the molecule is COc1n[nH]c(NS(=O)(=O)c2ccc(Cl)c(Br)c2)n1. The van der Waals surface area contributed by atoms with Crippen molar-refractivity contribution in [1.29, 1.82) is 0 Å². The minimum Gasteiger partial charge on any atom is -0.466 e. The molecule has 0 aliphatic carbocycles. The molecule has 0 fully saturated rings. The summed E-state index contributed by atoms with van der Waals surface area (Å²) in [5.74, 6) is -0.0390. The van der Waals surface area contributed by atoms with E-state index in [1.54, 1.807) is 0 Å². The largest absolute Gasteiger partial charge is 0.466 e. The molecule has 0 amide bonds. The minimum atomic E-state index is -3.78. The fourth-order valence-corrected chi connectivity index (χ4v) is 2.85. The standard InChI is InChI=1S/C9H8BrClN4O3S/c1-18-9-12-8(13-14-9)15-19(16,17)5-2-3-7(11)6(10)4-5/h2-4H,1H3,(H2,12,13,14,15).